The molecule has 32 heavy (non-hydrogen) atoms. The average Bonchev–Trinajstić information content (AvgIpc) is 2.79. The Morgan fingerprint density at radius 3 is 2.34 bits per heavy atom. The normalized spacial score (nSPS) is 13.7. The molecule has 2 heterocycles. The lowest BCUT2D eigenvalue weighted by molar-refractivity contribution is 0.0737. The standard InChI is InChI=1S/C23H19F2N5O2/c1-15-13-21(31)22(27-30(15)20-7-3-2-5-18(20)25)23(32)29-11-9-28(10-12-29)19-8-4-6-17(24)16(19)14-26/h2-8,13H,9-12H2,1H3. The summed E-state index contributed by atoms with van der Waals surface area (Å²) in [6.07, 6.45) is 0. The van der Waals surface area contributed by atoms with E-state index in [9.17, 15) is 23.6 Å². The Labute approximate surface area is 182 Å². The first kappa shape index (κ1) is 21.2. The number of nitriles is 1. The summed E-state index contributed by atoms with van der Waals surface area (Å²) in [5, 5.41) is 13.4. The van der Waals surface area contributed by atoms with E-state index in [0.717, 1.165) is 0 Å². The van der Waals surface area contributed by atoms with Crippen LogP contribution in [0.5, 0.6) is 0 Å². The highest BCUT2D eigenvalue weighted by atomic mass is 19.1. The summed E-state index contributed by atoms with van der Waals surface area (Å²) in [5.74, 6) is -1.68. The number of benzene rings is 2. The van der Waals surface area contributed by atoms with Gasteiger partial charge in [-0.05, 0) is 31.2 Å². The highest BCUT2D eigenvalue weighted by Crippen LogP contribution is 2.24. The number of hydrogen-bond acceptors (Lipinski definition) is 5. The Hall–Kier alpha value is -4.06. The zero-order valence-electron chi connectivity index (χ0n) is 17.3. The Kier molecular flexibility index (Phi) is 5.69. The predicted molar refractivity (Wildman–Crippen MR) is 114 cm³/mol. The van der Waals surface area contributed by atoms with Crippen LogP contribution in [0.25, 0.3) is 5.69 Å². The van der Waals surface area contributed by atoms with Crippen LogP contribution in [0.4, 0.5) is 14.5 Å². The van der Waals surface area contributed by atoms with Crippen molar-refractivity contribution < 1.29 is 13.6 Å². The second kappa shape index (κ2) is 8.59. The van der Waals surface area contributed by atoms with Gasteiger partial charge in [0, 0.05) is 37.9 Å². The van der Waals surface area contributed by atoms with Gasteiger partial charge in [0.1, 0.15) is 29.0 Å². The minimum atomic E-state index is -0.596. The molecule has 1 amide bonds. The molecule has 0 aliphatic carbocycles. The van der Waals surface area contributed by atoms with Gasteiger partial charge < -0.3 is 9.80 Å². The van der Waals surface area contributed by atoms with Crippen LogP contribution in [0.1, 0.15) is 21.7 Å². The number of hydrogen-bond donors (Lipinski definition) is 0. The summed E-state index contributed by atoms with van der Waals surface area (Å²) < 4.78 is 29.4. The second-order valence-corrected chi connectivity index (χ2v) is 7.39. The van der Waals surface area contributed by atoms with E-state index in [2.05, 4.69) is 5.10 Å². The first-order valence-electron chi connectivity index (χ1n) is 9.99. The summed E-state index contributed by atoms with van der Waals surface area (Å²) >= 11 is 0. The van der Waals surface area contributed by atoms with Crippen molar-refractivity contribution in [2.45, 2.75) is 6.92 Å². The van der Waals surface area contributed by atoms with Gasteiger partial charge in [0.15, 0.2) is 5.69 Å². The zero-order valence-corrected chi connectivity index (χ0v) is 17.3. The second-order valence-electron chi connectivity index (χ2n) is 7.39. The number of rotatable bonds is 3. The van der Waals surface area contributed by atoms with E-state index in [-0.39, 0.29) is 30.0 Å². The molecule has 9 heteroatoms. The topological polar surface area (TPSA) is 82.2 Å². The Morgan fingerprint density at radius 2 is 1.66 bits per heavy atom. The maximum atomic E-state index is 14.2. The number of amides is 1. The van der Waals surface area contributed by atoms with E-state index in [1.807, 2.05) is 11.0 Å². The first-order valence-corrected chi connectivity index (χ1v) is 9.99. The van der Waals surface area contributed by atoms with Crippen molar-refractivity contribution in [2.75, 3.05) is 31.1 Å². The van der Waals surface area contributed by atoms with Gasteiger partial charge in [-0.25, -0.2) is 13.5 Å². The molecule has 3 aromatic rings. The molecule has 0 N–H and O–H groups in total. The number of para-hydroxylation sites is 1. The molecule has 1 aliphatic heterocycles. The van der Waals surface area contributed by atoms with Crippen molar-refractivity contribution >= 4 is 11.6 Å². The lowest BCUT2D eigenvalue weighted by atomic mass is 10.1. The number of aryl methyl sites for hydroxylation is 1. The predicted octanol–water partition coefficient (Wildman–Crippen LogP) is 2.65. The van der Waals surface area contributed by atoms with Gasteiger partial charge in [-0.2, -0.15) is 10.4 Å². The van der Waals surface area contributed by atoms with E-state index < -0.39 is 23.0 Å². The molecule has 1 saturated heterocycles. The summed E-state index contributed by atoms with van der Waals surface area (Å²) in [7, 11) is 0. The van der Waals surface area contributed by atoms with Crippen molar-refractivity contribution in [3.8, 4) is 11.8 Å². The van der Waals surface area contributed by atoms with Crippen LogP contribution < -0.4 is 10.3 Å². The number of carbonyl (C=O) groups excluding carboxylic acids is 1. The van der Waals surface area contributed by atoms with Crippen LogP contribution in [-0.2, 0) is 0 Å². The number of piperazine rings is 1. The first-order chi connectivity index (χ1) is 15.4. The molecule has 0 radical (unpaired) electrons. The molecule has 0 unspecified atom stereocenters. The third-order valence-corrected chi connectivity index (χ3v) is 5.40. The zero-order chi connectivity index (χ0) is 22.8. The van der Waals surface area contributed by atoms with Crippen molar-refractivity contribution in [3.05, 3.63) is 87.3 Å². The number of halogens is 2. The Morgan fingerprint density at radius 1 is 1.00 bits per heavy atom. The van der Waals surface area contributed by atoms with E-state index >= 15 is 0 Å². The average molecular weight is 435 g/mol. The fourth-order valence-electron chi connectivity index (χ4n) is 3.75. The molecule has 0 bridgehead atoms. The van der Waals surface area contributed by atoms with Gasteiger partial charge in [0.05, 0.1) is 5.69 Å². The van der Waals surface area contributed by atoms with Gasteiger partial charge in [-0.1, -0.05) is 18.2 Å². The van der Waals surface area contributed by atoms with Crippen molar-refractivity contribution in [1.29, 1.82) is 5.26 Å². The molecule has 0 saturated carbocycles. The molecule has 7 nitrogen and oxygen atoms in total. The molecule has 4 rings (SSSR count). The quantitative estimate of drug-likeness (QED) is 0.632. The van der Waals surface area contributed by atoms with Crippen LogP contribution >= 0.6 is 0 Å². The summed E-state index contributed by atoms with van der Waals surface area (Å²) in [6, 6.07) is 13.5. The van der Waals surface area contributed by atoms with Crippen LogP contribution in [-0.4, -0.2) is 46.8 Å². The minimum absolute atomic E-state index is 0.0414. The molecule has 1 aliphatic rings. The monoisotopic (exact) mass is 435 g/mol. The lowest BCUT2D eigenvalue weighted by Gasteiger charge is -2.36. The summed E-state index contributed by atoms with van der Waals surface area (Å²) in [4.78, 5) is 28.8. The van der Waals surface area contributed by atoms with Gasteiger partial charge in [0.2, 0.25) is 5.43 Å². The fraction of sp³-hybridized carbons (Fsp3) is 0.217. The molecule has 1 aromatic heterocycles. The molecule has 162 valence electrons. The number of anilines is 1. The highest BCUT2D eigenvalue weighted by molar-refractivity contribution is 5.92. The number of nitrogens with zero attached hydrogens (tertiary/aromatic N) is 5. The molecular weight excluding hydrogens is 416 g/mol. The maximum absolute atomic E-state index is 14.2. The maximum Gasteiger partial charge on any atom is 0.278 e. The SMILES string of the molecule is Cc1cc(=O)c(C(=O)N2CCN(c3cccc(F)c3C#N)CC2)nn1-c1ccccc1F. The van der Waals surface area contributed by atoms with E-state index in [0.29, 0.717) is 24.5 Å². The van der Waals surface area contributed by atoms with Crippen LogP contribution in [0.2, 0.25) is 0 Å². The Balaban J connectivity index is 1.57. The lowest BCUT2D eigenvalue weighted by Crippen LogP contribution is -2.50. The van der Waals surface area contributed by atoms with Crippen LogP contribution in [0.3, 0.4) is 0 Å². The largest absolute Gasteiger partial charge is 0.367 e. The molecule has 1 fully saturated rings. The number of carbonyl (C=O) groups is 1. The van der Waals surface area contributed by atoms with Crippen LogP contribution in [0.15, 0.2) is 53.3 Å². The van der Waals surface area contributed by atoms with Gasteiger partial charge in [-0.3, -0.25) is 9.59 Å². The molecule has 0 spiro atoms. The highest BCUT2D eigenvalue weighted by Gasteiger charge is 2.27. The third kappa shape index (κ3) is 3.83. The van der Waals surface area contributed by atoms with Crippen molar-refractivity contribution in [1.82, 2.24) is 14.7 Å². The fourth-order valence-corrected chi connectivity index (χ4v) is 3.75. The Bertz CT molecular complexity index is 1290. The van der Waals surface area contributed by atoms with Gasteiger partial charge >= 0.3 is 0 Å². The smallest absolute Gasteiger partial charge is 0.278 e. The van der Waals surface area contributed by atoms with Gasteiger partial charge in [-0.15, -0.1) is 0 Å². The van der Waals surface area contributed by atoms with E-state index in [4.69, 9.17) is 0 Å². The van der Waals surface area contributed by atoms with E-state index in [1.165, 1.54) is 39.9 Å². The van der Waals surface area contributed by atoms with Crippen molar-refractivity contribution in [2.24, 2.45) is 0 Å². The van der Waals surface area contributed by atoms with Crippen LogP contribution in [0, 0.1) is 29.9 Å². The van der Waals surface area contributed by atoms with Crippen molar-refractivity contribution in [3.63, 3.8) is 0 Å². The third-order valence-electron chi connectivity index (χ3n) is 5.40. The van der Waals surface area contributed by atoms with Gasteiger partial charge in [0.25, 0.3) is 5.91 Å². The molecular formula is C23H19F2N5O2. The van der Waals surface area contributed by atoms with E-state index in [1.54, 1.807) is 25.1 Å². The molecule has 0 atom stereocenters. The minimum Gasteiger partial charge on any atom is -0.367 e. The summed E-state index contributed by atoms with van der Waals surface area (Å²) in [5.41, 5.74) is 0.126. The summed E-state index contributed by atoms with van der Waals surface area (Å²) in [6.45, 7) is 2.85. The molecule has 2 aromatic carbocycles. The number of aromatic nitrogens is 2.